The summed E-state index contributed by atoms with van der Waals surface area (Å²) in [5, 5.41) is 9.87. The SMILES string of the molecule is CC(O)C(N)(C(=O)OCc1ccccc1)C(=O)OC(=O)Cc1ccccc1. The Kier molecular flexibility index (Phi) is 6.81. The van der Waals surface area contributed by atoms with Crippen molar-refractivity contribution in [1.29, 1.82) is 0 Å². The maximum absolute atomic E-state index is 12.3. The number of hydrogen-bond donors (Lipinski definition) is 2. The van der Waals surface area contributed by atoms with E-state index in [9.17, 15) is 19.5 Å². The van der Waals surface area contributed by atoms with Crippen molar-refractivity contribution in [3.63, 3.8) is 0 Å². The zero-order valence-electron chi connectivity index (χ0n) is 14.8. The quantitative estimate of drug-likeness (QED) is 0.553. The van der Waals surface area contributed by atoms with Gasteiger partial charge in [-0.15, -0.1) is 0 Å². The van der Waals surface area contributed by atoms with Gasteiger partial charge in [0, 0.05) is 0 Å². The summed E-state index contributed by atoms with van der Waals surface area (Å²) in [6.45, 7) is 1.00. The molecule has 0 spiro atoms. The number of aliphatic hydroxyl groups is 1. The standard InChI is InChI=1S/C20H21NO6/c1-14(22)20(21,18(24)26-13-16-10-6-3-7-11-16)19(25)27-17(23)12-15-8-4-2-5-9-15/h2-11,14,22H,12-13,21H2,1H3. The lowest BCUT2D eigenvalue weighted by atomic mass is 9.95. The average Bonchev–Trinajstić information content (AvgIpc) is 2.66. The van der Waals surface area contributed by atoms with E-state index in [-0.39, 0.29) is 13.0 Å². The molecule has 2 rings (SSSR count). The zero-order chi connectivity index (χ0) is 19.9. The summed E-state index contributed by atoms with van der Waals surface area (Å²) < 4.78 is 9.73. The van der Waals surface area contributed by atoms with Crippen LogP contribution < -0.4 is 5.73 Å². The second kappa shape index (κ2) is 9.07. The summed E-state index contributed by atoms with van der Waals surface area (Å²) in [6.07, 6.45) is -1.81. The van der Waals surface area contributed by atoms with E-state index in [1.54, 1.807) is 60.7 Å². The molecule has 0 aromatic heterocycles. The Labute approximate surface area is 156 Å². The molecule has 0 saturated carbocycles. The van der Waals surface area contributed by atoms with Crippen LogP contribution in [0.3, 0.4) is 0 Å². The van der Waals surface area contributed by atoms with Gasteiger partial charge in [-0.25, -0.2) is 9.59 Å². The fourth-order valence-corrected chi connectivity index (χ4v) is 2.25. The van der Waals surface area contributed by atoms with E-state index in [4.69, 9.17) is 15.2 Å². The Morgan fingerprint density at radius 1 is 0.963 bits per heavy atom. The Morgan fingerprint density at radius 2 is 1.48 bits per heavy atom. The van der Waals surface area contributed by atoms with E-state index < -0.39 is 29.6 Å². The van der Waals surface area contributed by atoms with Crippen LogP contribution in [0.5, 0.6) is 0 Å². The number of nitrogens with two attached hydrogens (primary N) is 1. The molecule has 0 aliphatic heterocycles. The van der Waals surface area contributed by atoms with E-state index in [1.165, 1.54) is 0 Å². The highest BCUT2D eigenvalue weighted by atomic mass is 16.6. The molecule has 0 heterocycles. The second-order valence-corrected chi connectivity index (χ2v) is 6.03. The van der Waals surface area contributed by atoms with Crippen LogP contribution in [0.25, 0.3) is 0 Å². The predicted octanol–water partition coefficient (Wildman–Crippen LogP) is 1.12. The van der Waals surface area contributed by atoms with Crippen molar-refractivity contribution in [3.05, 3.63) is 71.8 Å². The van der Waals surface area contributed by atoms with Crippen LogP contribution in [0.2, 0.25) is 0 Å². The molecule has 3 N–H and O–H groups in total. The lowest BCUT2D eigenvalue weighted by Crippen LogP contribution is -2.63. The number of ether oxygens (including phenoxy) is 2. The summed E-state index contributed by atoms with van der Waals surface area (Å²) in [7, 11) is 0. The summed E-state index contributed by atoms with van der Waals surface area (Å²) in [6, 6.07) is 17.3. The van der Waals surface area contributed by atoms with E-state index in [0.29, 0.717) is 11.1 Å². The van der Waals surface area contributed by atoms with Crippen molar-refractivity contribution in [2.75, 3.05) is 0 Å². The molecule has 0 bridgehead atoms. The van der Waals surface area contributed by atoms with Crippen molar-refractivity contribution in [3.8, 4) is 0 Å². The van der Waals surface area contributed by atoms with Gasteiger partial charge in [-0.3, -0.25) is 4.79 Å². The molecule has 0 saturated heterocycles. The Bertz CT molecular complexity index is 791. The van der Waals surface area contributed by atoms with E-state index in [1.807, 2.05) is 0 Å². The highest BCUT2D eigenvalue weighted by Gasteiger charge is 2.50. The second-order valence-electron chi connectivity index (χ2n) is 6.03. The molecular formula is C20H21NO6. The van der Waals surface area contributed by atoms with E-state index >= 15 is 0 Å². The van der Waals surface area contributed by atoms with Crippen molar-refractivity contribution in [2.24, 2.45) is 5.73 Å². The normalized spacial score (nSPS) is 13.9. The van der Waals surface area contributed by atoms with Gasteiger partial charge in [0.05, 0.1) is 12.5 Å². The minimum Gasteiger partial charge on any atom is -0.459 e. The summed E-state index contributed by atoms with van der Waals surface area (Å²) in [4.78, 5) is 36.6. The lowest BCUT2D eigenvalue weighted by molar-refractivity contribution is -0.174. The number of carbonyl (C=O) groups is 3. The van der Waals surface area contributed by atoms with Crippen LogP contribution in [0.1, 0.15) is 18.1 Å². The first-order valence-electron chi connectivity index (χ1n) is 8.31. The third-order valence-corrected chi connectivity index (χ3v) is 3.95. The van der Waals surface area contributed by atoms with E-state index in [0.717, 1.165) is 6.92 Å². The summed E-state index contributed by atoms with van der Waals surface area (Å²) >= 11 is 0. The van der Waals surface area contributed by atoms with Crippen LogP contribution >= 0.6 is 0 Å². The fraction of sp³-hybridized carbons (Fsp3) is 0.250. The first kappa shape index (κ1) is 20.3. The Balaban J connectivity index is 2.03. The molecule has 0 fully saturated rings. The molecule has 0 radical (unpaired) electrons. The maximum Gasteiger partial charge on any atom is 0.348 e. The molecule has 7 nitrogen and oxygen atoms in total. The molecule has 2 unspecified atom stereocenters. The van der Waals surface area contributed by atoms with Crippen LogP contribution in [-0.2, 0) is 36.9 Å². The third-order valence-electron chi connectivity index (χ3n) is 3.95. The van der Waals surface area contributed by atoms with E-state index in [2.05, 4.69) is 0 Å². The first-order chi connectivity index (χ1) is 12.8. The van der Waals surface area contributed by atoms with Gasteiger partial charge in [0.2, 0.25) is 5.54 Å². The summed E-state index contributed by atoms with van der Waals surface area (Å²) in [5.74, 6) is -3.44. The summed E-state index contributed by atoms with van der Waals surface area (Å²) in [5.41, 5.74) is 4.57. The predicted molar refractivity (Wildman–Crippen MR) is 96.1 cm³/mol. The highest BCUT2D eigenvalue weighted by molar-refractivity contribution is 6.08. The molecule has 142 valence electrons. The van der Waals surface area contributed by atoms with Crippen molar-refractivity contribution in [2.45, 2.75) is 31.6 Å². The number of esters is 3. The zero-order valence-corrected chi connectivity index (χ0v) is 14.8. The number of hydrogen-bond acceptors (Lipinski definition) is 7. The first-order valence-corrected chi connectivity index (χ1v) is 8.31. The van der Waals surface area contributed by atoms with Gasteiger partial charge in [-0.1, -0.05) is 60.7 Å². The van der Waals surface area contributed by atoms with Gasteiger partial charge < -0.3 is 20.3 Å². The van der Waals surface area contributed by atoms with Crippen LogP contribution in [0.15, 0.2) is 60.7 Å². The Morgan fingerprint density at radius 3 is 2.00 bits per heavy atom. The number of aliphatic hydroxyl groups excluding tert-OH is 1. The fourth-order valence-electron chi connectivity index (χ4n) is 2.25. The van der Waals surface area contributed by atoms with Crippen molar-refractivity contribution < 1.29 is 29.0 Å². The lowest BCUT2D eigenvalue weighted by Gasteiger charge is -2.27. The topological polar surface area (TPSA) is 116 Å². The van der Waals surface area contributed by atoms with Gasteiger partial charge in [-0.05, 0) is 18.1 Å². The number of carbonyl (C=O) groups excluding carboxylic acids is 3. The molecule has 0 amide bonds. The monoisotopic (exact) mass is 371 g/mol. The van der Waals surface area contributed by atoms with Gasteiger partial charge in [0.25, 0.3) is 0 Å². The third kappa shape index (κ3) is 5.22. The molecular weight excluding hydrogens is 350 g/mol. The van der Waals surface area contributed by atoms with Crippen LogP contribution in [-0.4, -0.2) is 34.7 Å². The van der Waals surface area contributed by atoms with Crippen LogP contribution in [0, 0.1) is 0 Å². The molecule has 7 heteroatoms. The maximum atomic E-state index is 12.3. The van der Waals surface area contributed by atoms with Gasteiger partial charge in [0.15, 0.2) is 0 Å². The Hall–Kier alpha value is -3.03. The smallest absolute Gasteiger partial charge is 0.348 e. The van der Waals surface area contributed by atoms with Gasteiger partial charge in [-0.2, -0.15) is 0 Å². The molecule has 0 aliphatic rings. The largest absolute Gasteiger partial charge is 0.459 e. The number of benzene rings is 2. The van der Waals surface area contributed by atoms with Gasteiger partial charge in [0.1, 0.15) is 6.61 Å². The molecule has 2 atom stereocenters. The molecule has 2 aromatic carbocycles. The number of rotatable bonds is 7. The molecule has 0 aliphatic carbocycles. The minimum absolute atomic E-state index is 0.142. The average molecular weight is 371 g/mol. The van der Waals surface area contributed by atoms with Gasteiger partial charge >= 0.3 is 17.9 Å². The van der Waals surface area contributed by atoms with Crippen molar-refractivity contribution >= 4 is 17.9 Å². The minimum atomic E-state index is -2.51. The highest BCUT2D eigenvalue weighted by Crippen LogP contribution is 2.15. The molecule has 27 heavy (non-hydrogen) atoms. The molecule has 2 aromatic rings. The van der Waals surface area contributed by atoms with Crippen molar-refractivity contribution in [1.82, 2.24) is 0 Å². The van der Waals surface area contributed by atoms with Crippen LogP contribution in [0.4, 0.5) is 0 Å².